The lowest BCUT2D eigenvalue weighted by Crippen LogP contribution is -2.49. The van der Waals surface area contributed by atoms with Crippen molar-refractivity contribution in [2.24, 2.45) is 0 Å². The molecule has 1 saturated heterocycles. The number of hydrogen-bond acceptors (Lipinski definition) is 5. The molecule has 1 aliphatic rings. The monoisotopic (exact) mass is 447 g/mol. The Bertz CT molecular complexity index is 1430. The van der Waals surface area contributed by atoms with Gasteiger partial charge in [-0.1, -0.05) is 42.0 Å². The fourth-order valence-electron chi connectivity index (χ4n) is 4.56. The first-order valence-electron chi connectivity index (χ1n) is 11.4. The van der Waals surface area contributed by atoms with E-state index < -0.39 is 0 Å². The Morgan fingerprint density at radius 3 is 2.53 bits per heavy atom. The number of carbonyl (C=O) groups is 1. The van der Waals surface area contributed by atoms with Crippen LogP contribution >= 0.6 is 0 Å². The smallest absolute Gasteiger partial charge is 0.254 e. The van der Waals surface area contributed by atoms with Gasteiger partial charge in [0.15, 0.2) is 0 Å². The van der Waals surface area contributed by atoms with E-state index in [-0.39, 0.29) is 5.91 Å². The van der Waals surface area contributed by atoms with Crippen molar-refractivity contribution in [2.75, 3.05) is 31.1 Å². The van der Waals surface area contributed by atoms with Gasteiger partial charge in [-0.25, -0.2) is 9.97 Å². The van der Waals surface area contributed by atoms with E-state index in [1.54, 1.807) is 18.3 Å². The largest absolute Gasteiger partial charge is 0.353 e. The first-order valence-corrected chi connectivity index (χ1v) is 11.4. The SMILES string of the molecule is Cc1ccc(-c2cc(C(=O)N3CCN(c4cc(C#N)ccn4)CC3)c3ccccc3n2)c(C)c1. The molecule has 0 spiro atoms. The van der Waals surface area contributed by atoms with Gasteiger partial charge in [-0.05, 0) is 43.7 Å². The average Bonchev–Trinajstić information content (AvgIpc) is 2.88. The molecule has 0 radical (unpaired) electrons. The highest BCUT2D eigenvalue weighted by Gasteiger charge is 2.25. The number of nitrogens with zero attached hydrogens (tertiary/aromatic N) is 5. The van der Waals surface area contributed by atoms with Crippen LogP contribution in [-0.2, 0) is 0 Å². The van der Waals surface area contributed by atoms with Crippen LogP contribution in [0.1, 0.15) is 27.0 Å². The number of pyridine rings is 2. The minimum atomic E-state index is 0.0167. The van der Waals surface area contributed by atoms with Gasteiger partial charge in [0, 0.05) is 43.3 Å². The third kappa shape index (κ3) is 4.08. The van der Waals surface area contributed by atoms with Crippen LogP contribution in [0.3, 0.4) is 0 Å². The van der Waals surface area contributed by atoms with E-state index in [2.05, 4.69) is 48.0 Å². The summed E-state index contributed by atoms with van der Waals surface area (Å²) >= 11 is 0. The third-order valence-electron chi connectivity index (χ3n) is 6.37. The molecule has 0 bridgehead atoms. The van der Waals surface area contributed by atoms with E-state index in [0.29, 0.717) is 37.3 Å². The molecule has 168 valence electrons. The number of nitriles is 1. The van der Waals surface area contributed by atoms with Crippen LogP contribution in [0.15, 0.2) is 66.9 Å². The molecule has 6 nitrogen and oxygen atoms in total. The number of aryl methyl sites for hydroxylation is 2. The summed E-state index contributed by atoms with van der Waals surface area (Å²) in [7, 11) is 0. The molecule has 1 fully saturated rings. The summed E-state index contributed by atoms with van der Waals surface area (Å²) < 4.78 is 0. The zero-order valence-electron chi connectivity index (χ0n) is 19.3. The average molecular weight is 448 g/mol. The van der Waals surface area contributed by atoms with Crippen molar-refractivity contribution in [1.82, 2.24) is 14.9 Å². The summed E-state index contributed by atoms with van der Waals surface area (Å²) in [6.07, 6.45) is 1.66. The first-order chi connectivity index (χ1) is 16.5. The lowest BCUT2D eigenvalue weighted by molar-refractivity contribution is 0.0748. The molecule has 0 atom stereocenters. The zero-order valence-corrected chi connectivity index (χ0v) is 19.3. The van der Waals surface area contributed by atoms with Crippen LogP contribution in [0.25, 0.3) is 22.2 Å². The second-order valence-corrected chi connectivity index (χ2v) is 8.68. The summed E-state index contributed by atoms with van der Waals surface area (Å²) in [5, 5.41) is 10.0. The van der Waals surface area contributed by atoms with Crippen LogP contribution in [0.5, 0.6) is 0 Å². The molecule has 0 N–H and O–H groups in total. The van der Waals surface area contributed by atoms with E-state index in [1.807, 2.05) is 35.2 Å². The molecule has 0 unspecified atom stereocenters. The fourth-order valence-corrected chi connectivity index (χ4v) is 4.56. The van der Waals surface area contributed by atoms with E-state index in [4.69, 9.17) is 10.2 Å². The van der Waals surface area contributed by atoms with Gasteiger partial charge in [0.1, 0.15) is 5.82 Å². The minimum absolute atomic E-state index is 0.0167. The number of anilines is 1. The molecule has 6 heteroatoms. The molecule has 1 amide bonds. The molecule has 5 rings (SSSR count). The number of rotatable bonds is 3. The van der Waals surface area contributed by atoms with E-state index in [1.165, 1.54) is 5.56 Å². The Kier molecular flexibility index (Phi) is 5.69. The van der Waals surface area contributed by atoms with Gasteiger partial charge in [0.05, 0.1) is 28.4 Å². The van der Waals surface area contributed by atoms with Crippen LogP contribution in [0.2, 0.25) is 0 Å². The first kappa shape index (κ1) is 21.6. The molecule has 4 aromatic rings. The predicted octanol–water partition coefficient (Wildman–Crippen LogP) is 4.75. The van der Waals surface area contributed by atoms with Crippen molar-refractivity contribution in [1.29, 1.82) is 5.26 Å². The standard InChI is InChI=1S/C28H25N5O/c1-19-7-8-22(20(2)15-19)26-17-24(23-5-3-4-6-25(23)31-26)28(34)33-13-11-32(12-14-33)27-16-21(18-29)9-10-30-27/h3-10,15-17H,11-14H2,1-2H3. The second kappa shape index (κ2) is 8.95. The van der Waals surface area contributed by atoms with Crippen molar-refractivity contribution >= 4 is 22.6 Å². The number of para-hydroxylation sites is 1. The van der Waals surface area contributed by atoms with Crippen LogP contribution in [0.4, 0.5) is 5.82 Å². The highest BCUT2D eigenvalue weighted by Crippen LogP contribution is 2.29. The number of fused-ring (bicyclic) bond motifs is 1. The second-order valence-electron chi connectivity index (χ2n) is 8.68. The number of benzene rings is 2. The van der Waals surface area contributed by atoms with E-state index >= 15 is 0 Å². The quantitative estimate of drug-likeness (QED) is 0.453. The number of hydrogen-bond donors (Lipinski definition) is 0. The molecule has 2 aromatic heterocycles. The Hall–Kier alpha value is -4.24. The Labute approximate surface area is 199 Å². The lowest BCUT2D eigenvalue weighted by atomic mass is 9.99. The number of carbonyl (C=O) groups excluding carboxylic acids is 1. The molecule has 3 heterocycles. The Morgan fingerprint density at radius 1 is 0.971 bits per heavy atom. The van der Waals surface area contributed by atoms with Crippen molar-refractivity contribution in [3.63, 3.8) is 0 Å². The molecule has 34 heavy (non-hydrogen) atoms. The normalized spacial score (nSPS) is 13.7. The van der Waals surface area contributed by atoms with Gasteiger partial charge in [0.25, 0.3) is 5.91 Å². The van der Waals surface area contributed by atoms with Crippen molar-refractivity contribution in [3.05, 3.63) is 89.1 Å². The van der Waals surface area contributed by atoms with Gasteiger partial charge in [-0.15, -0.1) is 0 Å². The molecular weight excluding hydrogens is 422 g/mol. The van der Waals surface area contributed by atoms with E-state index in [9.17, 15) is 4.79 Å². The highest BCUT2D eigenvalue weighted by molar-refractivity contribution is 6.07. The third-order valence-corrected chi connectivity index (χ3v) is 6.37. The van der Waals surface area contributed by atoms with Crippen molar-refractivity contribution in [2.45, 2.75) is 13.8 Å². The van der Waals surface area contributed by atoms with Crippen molar-refractivity contribution in [3.8, 4) is 17.3 Å². The van der Waals surface area contributed by atoms with Gasteiger partial charge < -0.3 is 9.80 Å². The molecule has 0 saturated carbocycles. The van der Waals surface area contributed by atoms with Crippen LogP contribution in [-0.4, -0.2) is 47.0 Å². The zero-order chi connectivity index (χ0) is 23.7. The lowest BCUT2D eigenvalue weighted by Gasteiger charge is -2.35. The molecule has 2 aromatic carbocycles. The van der Waals surface area contributed by atoms with Crippen LogP contribution in [0, 0.1) is 25.2 Å². The van der Waals surface area contributed by atoms with Crippen molar-refractivity contribution < 1.29 is 4.79 Å². The summed E-state index contributed by atoms with van der Waals surface area (Å²) in [5.41, 5.74) is 6.28. The van der Waals surface area contributed by atoms with Gasteiger partial charge in [-0.2, -0.15) is 5.26 Å². The Morgan fingerprint density at radius 2 is 1.76 bits per heavy atom. The number of aromatic nitrogens is 2. The summed E-state index contributed by atoms with van der Waals surface area (Å²) in [6.45, 7) is 6.67. The Balaban J connectivity index is 1.45. The van der Waals surface area contributed by atoms with Gasteiger partial charge >= 0.3 is 0 Å². The summed E-state index contributed by atoms with van der Waals surface area (Å²) in [4.78, 5) is 27.0. The van der Waals surface area contributed by atoms with E-state index in [0.717, 1.165) is 33.5 Å². The van der Waals surface area contributed by atoms with Crippen LogP contribution < -0.4 is 4.90 Å². The maximum Gasteiger partial charge on any atom is 0.254 e. The topological polar surface area (TPSA) is 73.1 Å². The number of piperazine rings is 1. The van der Waals surface area contributed by atoms with Gasteiger partial charge in [0.2, 0.25) is 0 Å². The molecule has 0 aliphatic carbocycles. The molecule has 1 aliphatic heterocycles. The summed E-state index contributed by atoms with van der Waals surface area (Å²) in [5.74, 6) is 0.792. The summed E-state index contributed by atoms with van der Waals surface area (Å²) in [6, 6.07) is 21.7. The minimum Gasteiger partial charge on any atom is -0.353 e. The molecular formula is C28H25N5O. The maximum absolute atomic E-state index is 13.7. The van der Waals surface area contributed by atoms with Gasteiger partial charge in [-0.3, -0.25) is 4.79 Å². The predicted molar refractivity (Wildman–Crippen MR) is 134 cm³/mol. The maximum atomic E-state index is 13.7. The highest BCUT2D eigenvalue weighted by atomic mass is 16.2. The fraction of sp³-hybridized carbons (Fsp3) is 0.214. The number of amides is 1.